The van der Waals surface area contributed by atoms with Gasteiger partial charge in [0.1, 0.15) is 22.9 Å². The zero-order chi connectivity index (χ0) is 27.7. The van der Waals surface area contributed by atoms with Crippen LogP contribution in [-0.2, 0) is 0 Å². The highest BCUT2D eigenvalue weighted by Crippen LogP contribution is 2.33. The SMILES string of the molecule is Cc1nc2c(F)cc(-c3nc(Nc4ccc([C@@H](C)C5CCN(CCO)CC5)cn4)ncc3F)cc2n1C(C)C. The fraction of sp³-hybridized carbons (Fsp3) is 0.448. The van der Waals surface area contributed by atoms with Gasteiger partial charge in [-0.1, -0.05) is 13.0 Å². The van der Waals surface area contributed by atoms with Crippen LogP contribution in [0.5, 0.6) is 0 Å². The van der Waals surface area contributed by atoms with E-state index in [4.69, 9.17) is 5.11 Å². The first-order valence-electron chi connectivity index (χ1n) is 13.5. The summed E-state index contributed by atoms with van der Waals surface area (Å²) >= 11 is 0. The molecular weight excluding hydrogens is 500 g/mol. The highest BCUT2D eigenvalue weighted by atomic mass is 19.1. The summed E-state index contributed by atoms with van der Waals surface area (Å²) in [5.74, 6) is 1.16. The minimum atomic E-state index is -0.645. The van der Waals surface area contributed by atoms with Crippen LogP contribution in [0.15, 0.2) is 36.7 Å². The quantitative estimate of drug-likeness (QED) is 0.303. The van der Waals surface area contributed by atoms with Crippen LogP contribution >= 0.6 is 0 Å². The van der Waals surface area contributed by atoms with Crippen LogP contribution in [-0.4, -0.2) is 60.8 Å². The molecule has 1 fully saturated rings. The van der Waals surface area contributed by atoms with Crippen molar-refractivity contribution >= 4 is 22.8 Å². The van der Waals surface area contributed by atoms with Crippen LogP contribution in [0.2, 0.25) is 0 Å². The summed E-state index contributed by atoms with van der Waals surface area (Å²) in [6, 6.07) is 6.96. The maximum Gasteiger partial charge on any atom is 0.229 e. The van der Waals surface area contributed by atoms with Crippen molar-refractivity contribution < 1.29 is 13.9 Å². The second-order valence-electron chi connectivity index (χ2n) is 10.6. The lowest BCUT2D eigenvalue weighted by Crippen LogP contribution is -2.36. The van der Waals surface area contributed by atoms with Gasteiger partial charge in [0.25, 0.3) is 0 Å². The van der Waals surface area contributed by atoms with Gasteiger partial charge in [-0.3, -0.25) is 0 Å². The molecule has 1 aliphatic heterocycles. The molecule has 1 atom stereocenters. The van der Waals surface area contributed by atoms with E-state index in [0.717, 1.165) is 44.2 Å². The van der Waals surface area contributed by atoms with Gasteiger partial charge >= 0.3 is 0 Å². The number of piperidine rings is 1. The molecule has 39 heavy (non-hydrogen) atoms. The number of aromatic nitrogens is 5. The second-order valence-corrected chi connectivity index (χ2v) is 10.6. The monoisotopic (exact) mass is 535 g/mol. The molecule has 1 aliphatic rings. The molecule has 0 saturated carbocycles. The Hall–Kier alpha value is -3.50. The minimum Gasteiger partial charge on any atom is -0.395 e. The summed E-state index contributed by atoms with van der Waals surface area (Å²) < 4.78 is 31.7. The third-order valence-electron chi connectivity index (χ3n) is 7.77. The van der Waals surface area contributed by atoms with E-state index in [2.05, 4.69) is 37.1 Å². The van der Waals surface area contributed by atoms with Crippen molar-refractivity contribution in [2.75, 3.05) is 31.6 Å². The number of nitrogens with zero attached hydrogens (tertiary/aromatic N) is 6. The van der Waals surface area contributed by atoms with Gasteiger partial charge in [0.15, 0.2) is 11.6 Å². The fourth-order valence-corrected chi connectivity index (χ4v) is 5.64. The molecule has 0 aliphatic carbocycles. The first kappa shape index (κ1) is 27.1. The van der Waals surface area contributed by atoms with Crippen LogP contribution < -0.4 is 5.32 Å². The molecule has 0 amide bonds. The summed E-state index contributed by atoms with van der Waals surface area (Å²) in [7, 11) is 0. The Morgan fingerprint density at radius 2 is 1.79 bits per heavy atom. The molecule has 4 heterocycles. The van der Waals surface area contributed by atoms with Crippen LogP contribution in [0.1, 0.15) is 57.0 Å². The van der Waals surface area contributed by atoms with E-state index in [-0.39, 0.29) is 29.8 Å². The number of nitrogens with one attached hydrogen (secondary N) is 1. The molecule has 4 aromatic rings. The molecule has 0 radical (unpaired) electrons. The normalized spacial score (nSPS) is 15.8. The van der Waals surface area contributed by atoms with Gasteiger partial charge in [0.05, 0.1) is 18.3 Å². The van der Waals surface area contributed by atoms with E-state index >= 15 is 0 Å². The van der Waals surface area contributed by atoms with E-state index in [9.17, 15) is 8.78 Å². The number of hydrogen-bond acceptors (Lipinski definition) is 7. The number of aliphatic hydroxyl groups excluding tert-OH is 1. The number of halogens is 2. The molecule has 1 saturated heterocycles. The lowest BCUT2D eigenvalue weighted by atomic mass is 9.82. The number of hydrogen-bond donors (Lipinski definition) is 2. The smallest absolute Gasteiger partial charge is 0.229 e. The van der Waals surface area contributed by atoms with Gasteiger partial charge in [-0.15, -0.1) is 0 Å². The summed E-state index contributed by atoms with van der Waals surface area (Å²) in [5, 5.41) is 12.2. The Morgan fingerprint density at radius 3 is 2.46 bits per heavy atom. The average molecular weight is 536 g/mol. The summed E-state index contributed by atoms with van der Waals surface area (Å²) in [4.78, 5) is 19.6. The van der Waals surface area contributed by atoms with Crippen molar-refractivity contribution in [3.63, 3.8) is 0 Å². The van der Waals surface area contributed by atoms with Gasteiger partial charge in [-0.05, 0) is 82.3 Å². The van der Waals surface area contributed by atoms with Crippen LogP contribution in [0.25, 0.3) is 22.3 Å². The maximum atomic E-state index is 15.0. The highest BCUT2D eigenvalue weighted by Gasteiger charge is 2.25. The lowest BCUT2D eigenvalue weighted by Gasteiger charge is -2.34. The van der Waals surface area contributed by atoms with Crippen molar-refractivity contribution in [2.24, 2.45) is 5.92 Å². The van der Waals surface area contributed by atoms with Gasteiger partial charge in [0.2, 0.25) is 5.95 Å². The summed E-state index contributed by atoms with van der Waals surface area (Å²) in [6.45, 7) is 11.0. The molecule has 8 nitrogen and oxygen atoms in total. The zero-order valence-corrected chi connectivity index (χ0v) is 22.8. The Balaban J connectivity index is 1.34. The van der Waals surface area contributed by atoms with E-state index in [1.165, 1.54) is 6.07 Å². The molecule has 1 aromatic carbocycles. The van der Waals surface area contributed by atoms with Crippen molar-refractivity contribution in [3.05, 3.63) is 59.7 Å². The van der Waals surface area contributed by atoms with Crippen molar-refractivity contribution in [1.29, 1.82) is 0 Å². The van der Waals surface area contributed by atoms with E-state index in [0.29, 0.717) is 34.6 Å². The number of aliphatic hydroxyl groups is 1. The summed E-state index contributed by atoms with van der Waals surface area (Å²) in [5.41, 5.74) is 2.32. The number of rotatable bonds is 8. The molecule has 0 bridgehead atoms. The molecular formula is C29H35F2N7O. The van der Waals surface area contributed by atoms with Crippen molar-refractivity contribution in [3.8, 4) is 11.3 Å². The van der Waals surface area contributed by atoms with E-state index < -0.39 is 11.6 Å². The van der Waals surface area contributed by atoms with Gasteiger partial charge in [-0.2, -0.15) is 0 Å². The number of β-amino-alcohol motifs (C(OH)–C–C–N with tert-alkyl or cyclic N) is 1. The Morgan fingerprint density at radius 1 is 1.03 bits per heavy atom. The maximum absolute atomic E-state index is 15.0. The average Bonchev–Trinajstić information content (AvgIpc) is 3.27. The number of imidazole rings is 1. The third kappa shape index (κ3) is 5.62. The Labute approximate surface area is 227 Å². The number of anilines is 2. The standard InChI is InChI=1S/C29H35F2N7O/c1-17(2)38-19(4)34-28-23(30)13-22(14-25(28)38)27-24(31)16-33-29(36-27)35-26-6-5-21(15-32-26)18(3)20-7-9-37(10-8-20)11-12-39/h5-6,13-18,20,39H,7-12H2,1-4H3,(H,32,33,35,36)/t18-/m0/s1. The number of benzene rings is 1. The topological polar surface area (TPSA) is 92.0 Å². The predicted molar refractivity (Wildman–Crippen MR) is 148 cm³/mol. The first-order chi connectivity index (χ1) is 18.7. The van der Waals surface area contributed by atoms with Gasteiger partial charge in [-0.25, -0.2) is 28.7 Å². The van der Waals surface area contributed by atoms with Crippen LogP contribution in [0.3, 0.4) is 0 Å². The van der Waals surface area contributed by atoms with E-state index in [1.54, 1.807) is 6.07 Å². The molecule has 206 valence electrons. The van der Waals surface area contributed by atoms with Gasteiger partial charge < -0.3 is 19.9 Å². The number of likely N-dealkylation sites (tertiary alicyclic amines) is 1. The molecule has 10 heteroatoms. The second kappa shape index (κ2) is 11.3. The summed E-state index contributed by atoms with van der Waals surface area (Å²) in [6.07, 6.45) is 5.13. The van der Waals surface area contributed by atoms with E-state index in [1.807, 2.05) is 43.7 Å². The molecule has 0 spiro atoms. The van der Waals surface area contributed by atoms with Crippen molar-refractivity contribution in [1.82, 2.24) is 29.4 Å². The lowest BCUT2D eigenvalue weighted by molar-refractivity contribution is 0.140. The largest absolute Gasteiger partial charge is 0.395 e. The van der Waals surface area contributed by atoms with Crippen LogP contribution in [0, 0.1) is 24.5 Å². The first-order valence-corrected chi connectivity index (χ1v) is 13.5. The Kier molecular flexibility index (Phi) is 7.86. The highest BCUT2D eigenvalue weighted by molar-refractivity contribution is 5.83. The number of aryl methyl sites for hydroxylation is 1. The number of pyridine rings is 1. The molecule has 2 N–H and O–H groups in total. The third-order valence-corrected chi connectivity index (χ3v) is 7.77. The predicted octanol–water partition coefficient (Wildman–Crippen LogP) is 5.61. The van der Waals surface area contributed by atoms with Gasteiger partial charge in [0, 0.05) is 24.3 Å². The minimum absolute atomic E-state index is 0.000224. The Bertz CT molecular complexity index is 1450. The van der Waals surface area contributed by atoms with Crippen LogP contribution in [0.4, 0.5) is 20.5 Å². The molecule has 0 unspecified atom stereocenters. The fourth-order valence-electron chi connectivity index (χ4n) is 5.64. The van der Waals surface area contributed by atoms with Crippen molar-refractivity contribution in [2.45, 2.75) is 52.5 Å². The number of fused-ring (bicyclic) bond motifs is 1. The molecule has 5 rings (SSSR count). The zero-order valence-electron chi connectivity index (χ0n) is 22.8. The molecule has 3 aromatic heterocycles.